The second kappa shape index (κ2) is 10.9. The van der Waals surface area contributed by atoms with Gasteiger partial charge in [-0.15, -0.1) is 0 Å². The lowest BCUT2D eigenvalue weighted by Gasteiger charge is -2.20. The van der Waals surface area contributed by atoms with Crippen molar-refractivity contribution < 1.29 is 22.3 Å². The van der Waals surface area contributed by atoms with Gasteiger partial charge in [0.1, 0.15) is 16.4 Å². The number of carbonyl (C=O) groups is 1. The molecule has 4 aromatic rings. The average Bonchev–Trinajstić information content (AvgIpc) is 3.42. The van der Waals surface area contributed by atoms with Crippen LogP contribution in [0.4, 0.5) is 10.1 Å². The fourth-order valence-electron chi connectivity index (χ4n) is 5.06. The van der Waals surface area contributed by atoms with Crippen LogP contribution in [0.3, 0.4) is 0 Å². The van der Waals surface area contributed by atoms with E-state index in [4.69, 9.17) is 16.3 Å². The molecule has 10 nitrogen and oxygen atoms in total. The molecule has 0 saturated heterocycles. The van der Waals surface area contributed by atoms with Crippen LogP contribution in [0.2, 0.25) is 5.02 Å². The summed E-state index contributed by atoms with van der Waals surface area (Å²) >= 11 is 5.98. The number of methoxy groups -OCH3 is 1. The third-order valence-corrected chi connectivity index (χ3v) is 8.86. The summed E-state index contributed by atoms with van der Waals surface area (Å²) in [6.45, 7) is 0. The number of rotatable bonds is 7. The van der Waals surface area contributed by atoms with E-state index < -0.39 is 15.8 Å². The van der Waals surface area contributed by atoms with E-state index in [-0.39, 0.29) is 44.9 Å². The molecule has 0 bridgehead atoms. The minimum atomic E-state index is -4.23. The molecular weight excluding hydrogens is 561 g/mol. The number of carbonyl (C=O) groups excluding carboxylic acids is 1. The monoisotopic (exact) mass is 585 g/mol. The van der Waals surface area contributed by atoms with Crippen molar-refractivity contribution in [2.75, 3.05) is 18.9 Å². The second-order valence-corrected chi connectivity index (χ2v) is 11.4. The molecule has 208 valence electrons. The van der Waals surface area contributed by atoms with Crippen molar-refractivity contribution in [2.45, 2.75) is 30.2 Å². The topological polar surface area (TPSA) is 132 Å². The number of fused-ring (bicyclic) bond motifs is 1. The molecule has 0 spiro atoms. The molecule has 1 saturated carbocycles. The van der Waals surface area contributed by atoms with E-state index in [1.54, 1.807) is 25.2 Å². The van der Waals surface area contributed by atoms with Gasteiger partial charge in [-0.1, -0.05) is 24.1 Å². The summed E-state index contributed by atoms with van der Waals surface area (Å²) in [7, 11) is -1.31. The molecule has 5 rings (SSSR count). The van der Waals surface area contributed by atoms with Crippen LogP contribution in [0.25, 0.3) is 22.0 Å². The molecule has 2 N–H and O–H groups in total. The summed E-state index contributed by atoms with van der Waals surface area (Å²) in [6.07, 6.45) is 5.17. The Kier molecular flexibility index (Phi) is 7.47. The minimum Gasteiger partial charge on any atom is -0.480 e. The van der Waals surface area contributed by atoms with Crippen LogP contribution in [-0.2, 0) is 14.8 Å². The van der Waals surface area contributed by atoms with Gasteiger partial charge in [0.15, 0.2) is 0 Å². The van der Waals surface area contributed by atoms with Crippen LogP contribution >= 0.6 is 11.6 Å². The number of hydrogen-bond acceptors (Lipinski definition) is 7. The zero-order chi connectivity index (χ0) is 28.6. The molecule has 1 amide bonds. The van der Waals surface area contributed by atoms with Crippen LogP contribution < -0.4 is 20.3 Å². The Morgan fingerprint density at radius 2 is 1.93 bits per heavy atom. The van der Waals surface area contributed by atoms with Crippen molar-refractivity contribution in [3.63, 3.8) is 0 Å². The van der Waals surface area contributed by atoms with Gasteiger partial charge in [0, 0.05) is 24.8 Å². The Morgan fingerprint density at radius 3 is 2.65 bits per heavy atom. The zero-order valence-electron chi connectivity index (χ0n) is 21.5. The zero-order valence-corrected chi connectivity index (χ0v) is 23.1. The molecule has 40 heavy (non-hydrogen) atoms. The number of anilines is 1. The summed E-state index contributed by atoms with van der Waals surface area (Å²) in [6, 6.07) is 9.25. The van der Waals surface area contributed by atoms with Gasteiger partial charge in [-0.2, -0.15) is 0 Å². The van der Waals surface area contributed by atoms with E-state index in [1.165, 1.54) is 30.3 Å². The standard InChI is InChI=1S/C27H25ClFN5O5S/c1-30-25(35)18-4-3-5-23(18)34-14-32-21-8-6-15(10-19(21)27(34)36)16-11-22(26(39-2)31-13-16)33-40(37,38)24-9-7-17(29)12-20(24)28/h6-14,18,23,33H,3-5H2,1-2H3,(H,30,35)/t18-,23-/m0/s1. The normalized spacial score (nSPS) is 17.1. The van der Waals surface area contributed by atoms with Crippen LogP contribution in [0, 0.1) is 11.7 Å². The van der Waals surface area contributed by atoms with Gasteiger partial charge in [-0.25, -0.2) is 22.8 Å². The first-order chi connectivity index (χ1) is 19.1. The molecular formula is C27H25ClFN5O5S. The number of hydrogen-bond donors (Lipinski definition) is 2. The van der Waals surface area contributed by atoms with Crippen molar-refractivity contribution in [2.24, 2.45) is 5.92 Å². The second-order valence-electron chi connectivity index (χ2n) is 9.37. The van der Waals surface area contributed by atoms with Gasteiger partial charge in [0.2, 0.25) is 11.8 Å². The fraction of sp³-hybridized carbons (Fsp3) is 0.259. The van der Waals surface area contributed by atoms with Crippen molar-refractivity contribution in [1.82, 2.24) is 19.9 Å². The molecule has 2 aromatic carbocycles. The molecule has 1 aliphatic carbocycles. The predicted octanol–water partition coefficient (Wildman–Crippen LogP) is 4.15. The lowest BCUT2D eigenvalue weighted by molar-refractivity contribution is -0.125. The lowest BCUT2D eigenvalue weighted by atomic mass is 10.0. The number of aromatic nitrogens is 3. The molecule has 0 radical (unpaired) electrons. The number of ether oxygens (including phenoxy) is 1. The Labute approximate surface area is 234 Å². The number of amides is 1. The third kappa shape index (κ3) is 5.11. The van der Waals surface area contributed by atoms with Crippen LogP contribution in [0.15, 0.2) is 64.7 Å². The maximum atomic E-state index is 13.5. The van der Waals surface area contributed by atoms with E-state index in [0.29, 0.717) is 34.9 Å². The molecule has 2 atom stereocenters. The summed E-state index contributed by atoms with van der Waals surface area (Å²) in [5.74, 6) is -1.10. The van der Waals surface area contributed by atoms with Gasteiger partial charge < -0.3 is 10.1 Å². The molecule has 2 aromatic heterocycles. The number of pyridine rings is 1. The quantitative estimate of drug-likeness (QED) is 0.333. The minimum absolute atomic E-state index is 0.00292. The highest BCUT2D eigenvalue weighted by molar-refractivity contribution is 7.92. The first kappa shape index (κ1) is 27.5. The predicted molar refractivity (Wildman–Crippen MR) is 148 cm³/mol. The Morgan fingerprint density at radius 1 is 1.12 bits per heavy atom. The number of sulfonamides is 1. The van der Waals surface area contributed by atoms with E-state index in [9.17, 15) is 22.4 Å². The number of benzene rings is 2. The lowest BCUT2D eigenvalue weighted by Crippen LogP contribution is -2.35. The van der Waals surface area contributed by atoms with Gasteiger partial charge in [-0.3, -0.25) is 18.9 Å². The highest BCUT2D eigenvalue weighted by Crippen LogP contribution is 2.36. The van der Waals surface area contributed by atoms with Crippen LogP contribution in [0.1, 0.15) is 25.3 Å². The molecule has 2 heterocycles. The Balaban J connectivity index is 1.54. The van der Waals surface area contributed by atoms with Crippen molar-refractivity contribution in [3.8, 4) is 17.0 Å². The van der Waals surface area contributed by atoms with Crippen molar-refractivity contribution in [3.05, 3.63) is 76.2 Å². The van der Waals surface area contributed by atoms with Crippen LogP contribution in [-0.4, -0.2) is 43.0 Å². The Hall–Kier alpha value is -4.03. The molecule has 0 aliphatic heterocycles. The molecule has 1 fully saturated rings. The molecule has 13 heteroatoms. The SMILES string of the molecule is CNC(=O)[C@H]1CCC[C@@H]1n1cnc2ccc(-c3cnc(OC)c(NS(=O)(=O)c4ccc(F)cc4Cl)c3)cc2c1=O. The van der Waals surface area contributed by atoms with Gasteiger partial charge in [-0.05, 0) is 54.8 Å². The summed E-state index contributed by atoms with van der Waals surface area (Å²) < 4.78 is 48.7. The van der Waals surface area contributed by atoms with Crippen molar-refractivity contribution >= 4 is 44.1 Å². The van der Waals surface area contributed by atoms with E-state index >= 15 is 0 Å². The summed E-state index contributed by atoms with van der Waals surface area (Å²) in [5, 5.41) is 2.74. The highest BCUT2D eigenvalue weighted by Gasteiger charge is 2.34. The summed E-state index contributed by atoms with van der Waals surface area (Å²) in [5.41, 5.74) is 1.29. The van der Waals surface area contributed by atoms with Crippen molar-refractivity contribution in [1.29, 1.82) is 0 Å². The number of nitrogens with one attached hydrogen (secondary N) is 2. The van der Waals surface area contributed by atoms with E-state index in [0.717, 1.165) is 24.6 Å². The largest absolute Gasteiger partial charge is 0.480 e. The van der Waals surface area contributed by atoms with Crippen LogP contribution in [0.5, 0.6) is 5.88 Å². The summed E-state index contributed by atoms with van der Waals surface area (Å²) in [4.78, 5) is 34.3. The number of nitrogens with zero attached hydrogens (tertiary/aromatic N) is 3. The number of halogens is 2. The molecule has 1 aliphatic rings. The first-order valence-corrected chi connectivity index (χ1v) is 14.2. The fourth-order valence-corrected chi connectivity index (χ4v) is 6.64. The average molecular weight is 586 g/mol. The van der Waals surface area contributed by atoms with E-state index in [2.05, 4.69) is 20.0 Å². The van der Waals surface area contributed by atoms with Gasteiger partial charge >= 0.3 is 0 Å². The van der Waals surface area contributed by atoms with E-state index in [1.807, 2.05) is 0 Å². The first-order valence-electron chi connectivity index (χ1n) is 12.4. The Bertz CT molecular complexity index is 1800. The highest BCUT2D eigenvalue weighted by atomic mass is 35.5. The third-order valence-electron chi connectivity index (χ3n) is 7.01. The smallest absolute Gasteiger partial charge is 0.263 e. The maximum Gasteiger partial charge on any atom is 0.263 e. The maximum absolute atomic E-state index is 13.5. The molecule has 0 unspecified atom stereocenters. The van der Waals surface area contributed by atoms with Gasteiger partial charge in [0.05, 0.1) is 35.3 Å². The van der Waals surface area contributed by atoms with Gasteiger partial charge in [0.25, 0.3) is 15.6 Å².